The molecule has 4 heterocycles. The number of carbonyl (C=O) groups excluding carboxylic acids is 1. The zero-order chi connectivity index (χ0) is 19.0. The number of esters is 1. The molecule has 12 nitrogen and oxygen atoms in total. The molecule has 0 saturated carbocycles. The van der Waals surface area contributed by atoms with E-state index in [1.165, 1.54) is 13.4 Å². The molecule has 0 saturated heterocycles. The Morgan fingerprint density at radius 2 is 2.22 bits per heavy atom. The molecule has 0 unspecified atom stereocenters. The predicted molar refractivity (Wildman–Crippen MR) is 95.4 cm³/mol. The second kappa shape index (κ2) is 6.40. The number of methoxy groups -OCH3 is 1. The van der Waals surface area contributed by atoms with Gasteiger partial charge in [0.25, 0.3) is 5.56 Å². The van der Waals surface area contributed by atoms with Crippen LogP contribution in [-0.2, 0) is 11.3 Å². The van der Waals surface area contributed by atoms with Crippen molar-refractivity contribution in [2.75, 3.05) is 24.7 Å². The number of nitrogens with zero attached hydrogens (tertiary/aromatic N) is 5. The van der Waals surface area contributed by atoms with Gasteiger partial charge in [-0.25, -0.2) is 14.9 Å². The van der Waals surface area contributed by atoms with Crippen molar-refractivity contribution in [2.45, 2.75) is 6.54 Å². The number of aromatic amines is 2. The summed E-state index contributed by atoms with van der Waals surface area (Å²) in [4.78, 5) is 39.1. The maximum atomic E-state index is 12.0. The summed E-state index contributed by atoms with van der Waals surface area (Å²) in [7, 11) is 1.27. The molecule has 0 bridgehead atoms. The van der Waals surface area contributed by atoms with E-state index in [-0.39, 0.29) is 22.8 Å². The number of hydrogen-bond donors (Lipinski definition) is 4. The van der Waals surface area contributed by atoms with Gasteiger partial charge in [-0.2, -0.15) is 15.1 Å². The molecule has 12 heteroatoms. The van der Waals surface area contributed by atoms with Gasteiger partial charge in [0.2, 0.25) is 5.95 Å². The predicted octanol–water partition coefficient (Wildman–Crippen LogP) is -0.177. The molecule has 27 heavy (non-hydrogen) atoms. The normalized spacial score (nSPS) is 11.1. The van der Waals surface area contributed by atoms with Crippen LogP contribution in [0, 0.1) is 0 Å². The van der Waals surface area contributed by atoms with Gasteiger partial charge in [0.05, 0.1) is 19.0 Å². The van der Waals surface area contributed by atoms with E-state index in [0.717, 1.165) is 0 Å². The van der Waals surface area contributed by atoms with Gasteiger partial charge in [0, 0.05) is 25.5 Å². The number of imidazole rings is 1. The van der Waals surface area contributed by atoms with Crippen molar-refractivity contribution >= 4 is 28.9 Å². The van der Waals surface area contributed by atoms with Gasteiger partial charge < -0.3 is 25.3 Å². The number of ether oxygens (including phenoxy) is 1. The van der Waals surface area contributed by atoms with E-state index >= 15 is 0 Å². The van der Waals surface area contributed by atoms with Crippen LogP contribution in [0.2, 0.25) is 0 Å². The van der Waals surface area contributed by atoms with Crippen LogP contribution in [0.25, 0.3) is 22.4 Å². The number of H-pyrrole nitrogens is 2. The van der Waals surface area contributed by atoms with Crippen LogP contribution in [0.1, 0.15) is 10.4 Å². The Bertz CT molecular complexity index is 1160. The third kappa shape index (κ3) is 2.92. The molecule has 0 aromatic carbocycles. The van der Waals surface area contributed by atoms with Crippen LogP contribution in [0.5, 0.6) is 0 Å². The Hall–Kier alpha value is -3.96. The van der Waals surface area contributed by atoms with Crippen molar-refractivity contribution in [3.8, 4) is 11.3 Å². The van der Waals surface area contributed by atoms with Crippen molar-refractivity contribution < 1.29 is 9.53 Å². The molecule has 5 N–H and O–H groups in total. The number of aromatic nitrogens is 7. The topological polar surface area (TPSA) is 169 Å². The molecule has 138 valence electrons. The summed E-state index contributed by atoms with van der Waals surface area (Å²) in [6.07, 6.45) is 4.70. The first-order valence-electron chi connectivity index (χ1n) is 7.93. The highest BCUT2D eigenvalue weighted by molar-refractivity contribution is 5.95. The maximum Gasteiger partial charge on any atom is 0.341 e. The molecule has 0 radical (unpaired) electrons. The minimum absolute atomic E-state index is 0.105. The lowest BCUT2D eigenvalue weighted by Crippen LogP contribution is -2.16. The molecule has 2 aromatic rings. The summed E-state index contributed by atoms with van der Waals surface area (Å²) < 4.78 is 6.47. The van der Waals surface area contributed by atoms with Crippen LogP contribution >= 0.6 is 0 Å². The standard InChI is InChI=1S/C15H15N9O3/c1-27-14(26)8-5-24(4-7-9(8)22-23-13(7)25)3-2-17-11-10-12(19-6-18-10)21-15(16)20-11/h4-6H,2-3H2,1H3,(H,23,25)(H4,16,17,18,19,20,21). The third-order valence-corrected chi connectivity index (χ3v) is 3.98. The Morgan fingerprint density at radius 1 is 1.37 bits per heavy atom. The fourth-order valence-electron chi connectivity index (χ4n) is 2.76. The first kappa shape index (κ1) is 16.5. The average molecular weight is 369 g/mol. The molecule has 0 aliphatic carbocycles. The van der Waals surface area contributed by atoms with Crippen molar-refractivity contribution in [3.63, 3.8) is 0 Å². The molecule has 2 aliphatic heterocycles. The SMILES string of the molecule is COC(=O)c1cn(CCNc2nc(N)nc3nc[nH]c23)cc2c(=O)[nH]nc1-2. The lowest BCUT2D eigenvalue weighted by Gasteiger charge is -2.12. The van der Waals surface area contributed by atoms with E-state index in [1.54, 1.807) is 17.0 Å². The Labute approximate surface area is 151 Å². The van der Waals surface area contributed by atoms with Gasteiger partial charge in [-0.3, -0.25) is 4.79 Å². The lowest BCUT2D eigenvalue weighted by atomic mass is 10.1. The van der Waals surface area contributed by atoms with E-state index in [4.69, 9.17) is 10.5 Å². The summed E-state index contributed by atoms with van der Waals surface area (Å²) in [5.41, 5.74) is 7.19. The van der Waals surface area contributed by atoms with Crippen molar-refractivity contribution in [3.05, 3.63) is 34.6 Å². The Balaban J connectivity index is 1.59. The molecular weight excluding hydrogens is 354 g/mol. The summed E-state index contributed by atoms with van der Waals surface area (Å²) in [5, 5.41) is 9.37. The lowest BCUT2D eigenvalue weighted by molar-refractivity contribution is 0.0600. The molecule has 0 amide bonds. The fraction of sp³-hybridized carbons (Fsp3) is 0.200. The maximum absolute atomic E-state index is 12.0. The van der Waals surface area contributed by atoms with Gasteiger partial charge in [0.15, 0.2) is 11.5 Å². The van der Waals surface area contributed by atoms with E-state index in [9.17, 15) is 9.59 Å². The molecule has 0 fully saturated rings. The molecule has 0 spiro atoms. The van der Waals surface area contributed by atoms with Gasteiger partial charge in [0.1, 0.15) is 16.8 Å². The van der Waals surface area contributed by atoms with Gasteiger partial charge in [-0.05, 0) is 0 Å². The van der Waals surface area contributed by atoms with E-state index in [2.05, 4.69) is 35.5 Å². The van der Waals surface area contributed by atoms with Crippen molar-refractivity contribution in [1.29, 1.82) is 0 Å². The van der Waals surface area contributed by atoms with Crippen LogP contribution in [0.3, 0.4) is 0 Å². The number of nitrogens with two attached hydrogens (primary N) is 1. The first-order valence-corrected chi connectivity index (χ1v) is 7.93. The second-order valence-corrected chi connectivity index (χ2v) is 5.67. The summed E-state index contributed by atoms with van der Waals surface area (Å²) in [6, 6.07) is 0. The number of nitrogens with one attached hydrogen (secondary N) is 3. The molecular formula is C15H15N9O3. The zero-order valence-electron chi connectivity index (χ0n) is 14.2. The summed E-state index contributed by atoms with van der Waals surface area (Å²) >= 11 is 0. The largest absolute Gasteiger partial charge is 0.465 e. The molecule has 2 aromatic heterocycles. The quantitative estimate of drug-likeness (QED) is 0.348. The molecule has 0 atom stereocenters. The average Bonchev–Trinajstić information content (AvgIpc) is 3.27. The van der Waals surface area contributed by atoms with E-state index < -0.39 is 5.97 Å². The van der Waals surface area contributed by atoms with E-state index in [0.29, 0.717) is 35.6 Å². The van der Waals surface area contributed by atoms with Crippen molar-refractivity contribution in [1.82, 2.24) is 34.7 Å². The number of fused-ring (bicyclic) bond motifs is 2. The third-order valence-electron chi connectivity index (χ3n) is 3.98. The first-order chi connectivity index (χ1) is 13.1. The van der Waals surface area contributed by atoms with Gasteiger partial charge in [-0.1, -0.05) is 0 Å². The number of anilines is 2. The number of nitrogen functional groups attached to an aromatic ring is 1. The van der Waals surface area contributed by atoms with E-state index in [1.807, 2.05) is 0 Å². The molecule has 2 aliphatic rings. The number of pyridine rings is 1. The number of hydrogen-bond acceptors (Lipinski definition) is 9. The monoisotopic (exact) mass is 369 g/mol. The summed E-state index contributed by atoms with van der Waals surface area (Å²) in [6.45, 7) is 0.873. The minimum atomic E-state index is -0.573. The number of carbonyl (C=O) groups is 1. The van der Waals surface area contributed by atoms with Gasteiger partial charge >= 0.3 is 5.97 Å². The van der Waals surface area contributed by atoms with Crippen LogP contribution in [0.4, 0.5) is 11.8 Å². The zero-order valence-corrected chi connectivity index (χ0v) is 14.2. The smallest absolute Gasteiger partial charge is 0.341 e. The highest BCUT2D eigenvalue weighted by Crippen LogP contribution is 2.21. The second-order valence-electron chi connectivity index (χ2n) is 5.67. The number of rotatable bonds is 5. The van der Waals surface area contributed by atoms with Crippen molar-refractivity contribution in [2.24, 2.45) is 0 Å². The Kier molecular flexibility index (Phi) is 3.91. The van der Waals surface area contributed by atoms with Crippen LogP contribution in [0.15, 0.2) is 23.5 Å². The highest BCUT2D eigenvalue weighted by Gasteiger charge is 2.21. The minimum Gasteiger partial charge on any atom is -0.465 e. The van der Waals surface area contributed by atoms with Gasteiger partial charge in [-0.15, -0.1) is 0 Å². The fourth-order valence-corrected chi connectivity index (χ4v) is 2.76. The van der Waals surface area contributed by atoms with Crippen LogP contribution < -0.4 is 16.6 Å². The summed E-state index contributed by atoms with van der Waals surface area (Å²) in [5.74, 6) is 0.0442. The van der Waals surface area contributed by atoms with Crippen LogP contribution in [-0.4, -0.2) is 54.3 Å². The molecule has 4 rings (SSSR count). The highest BCUT2D eigenvalue weighted by atomic mass is 16.5. The Morgan fingerprint density at radius 3 is 3.04 bits per heavy atom.